The van der Waals surface area contributed by atoms with E-state index < -0.39 is 0 Å². The summed E-state index contributed by atoms with van der Waals surface area (Å²) in [6.07, 6.45) is 3.11. The van der Waals surface area contributed by atoms with Crippen LogP contribution in [0.5, 0.6) is 0 Å². The second-order valence-corrected chi connectivity index (χ2v) is 4.43. The largest absolute Gasteiger partial charge is 0.346 e. The Labute approximate surface area is 102 Å². The van der Waals surface area contributed by atoms with E-state index in [4.69, 9.17) is 0 Å². The van der Waals surface area contributed by atoms with Crippen LogP contribution >= 0.6 is 0 Å². The number of hydrogen-bond acceptors (Lipinski definition) is 4. The van der Waals surface area contributed by atoms with E-state index in [2.05, 4.69) is 27.8 Å². The maximum Gasteiger partial charge on any atom is 0.223 e. The Bertz CT molecular complexity index is 362. The van der Waals surface area contributed by atoms with Crippen LogP contribution in [0, 0.1) is 5.92 Å². The first-order valence-electron chi connectivity index (χ1n) is 6.08. The van der Waals surface area contributed by atoms with Crippen molar-refractivity contribution in [3.05, 3.63) is 5.82 Å². The molecule has 6 nitrogen and oxygen atoms in total. The Morgan fingerprint density at radius 3 is 2.71 bits per heavy atom. The van der Waals surface area contributed by atoms with E-state index >= 15 is 0 Å². The van der Waals surface area contributed by atoms with Gasteiger partial charge >= 0.3 is 0 Å². The van der Waals surface area contributed by atoms with Gasteiger partial charge < -0.3 is 5.32 Å². The van der Waals surface area contributed by atoms with Crippen LogP contribution in [0.1, 0.15) is 51.9 Å². The van der Waals surface area contributed by atoms with Crippen LogP contribution in [0.4, 0.5) is 0 Å². The maximum absolute atomic E-state index is 11.9. The van der Waals surface area contributed by atoms with E-state index in [0.717, 1.165) is 19.3 Å². The second kappa shape index (κ2) is 6.32. The number of amides is 1. The third-order valence-corrected chi connectivity index (χ3v) is 2.84. The van der Waals surface area contributed by atoms with Crippen LogP contribution in [0.2, 0.25) is 0 Å². The van der Waals surface area contributed by atoms with Crippen molar-refractivity contribution >= 4 is 5.91 Å². The average molecular weight is 239 g/mol. The first-order valence-corrected chi connectivity index (χ1v) is 6.08. The third kappa shape index (κ3) is 3.80. The van der Waals surface area contributed by atoms with Gasteiger partial charge in [0.15, 0.2) is 5.82 Å². The SMILES string of the molecule is CCCCC(C)C(=O)NC(C)c1nnnn1C. The molecular weight excluding hydrogens is 218 g/mol. The zero-order valence-electron chi connectivity index (χ0n) is 11.0. The molecule has 1 aromatic heterocycles. The molecule has 0 aliphatic heterocycles. The van der Waals surface area contributed by atoms with Crippen LogP contribution in [0.3, 0.4) is 0 Å². The quantitative estimate of drug-likeness (QED) is 0.810. The number of aryl methyl sites for hydroxylation is 1. The van der Waals surface area contributed by atoms with Crippen molar-refractivity contribution in [2.45, 2.75) is 46.1 Å². The van der Waals surface area contributed by atoms with Gasteiger partial charge in [-0.15, -0.1) is 5.10 Å². The number of aromatic nitrogens is 4. The van der Waals surface area contributed by atoms with Crippen molar-refractivity contribution in [1.82, 2.24) is 25.5 Å². The van der Waals surface area contributed by atoms with Crippen molar-refractivity contribution < 1.29 is 4.79 Å². The average Bonchev–Trinajstić information content (AvgIpc) is 2.72. The molecule has 0 aliphatic rings. The molecule has 96 valence electrons. The zero-order chi connectivity index (χ0) is 12.8. The molecule has 1 aromatic rings. The molecule has 17 heavy (non-hydrogen) atoms. The van der Waals surface area contributed by atoms with Gasteiger partial charge in [0.2, 0.25) is 5.91 Å². The summed E-state index contributed by atoms with van der Waals surface area (Å²) in [5, 5.41) is 14.1. The number of unbranched alkanes of at least 4 members (excludes halogenated alkanes) is 1. The van der Waals surface area contributed by atoms with E-state index in [1.165, 1.54) is 0 Å². The Morgan fingerprint density at radius 1 is 1.47 bits per heavy atom. The van der Waals surface area contributed by atoms with Gasteiger partial charge in [-0.05, 0) is 23.8 Å². The molecule has 0 saturated heterocycles. The van der Waals surface area contributed by atoms with Crippen molar-refractivity contribution in [3.8, 4) is 0 Å². The molecule has 1 rings (SSSR count). The summed E-state index contributed by atoms with van der Waals surface area (Å²) in [7, 11) is 1.76. The summed E-state index contributed by atoms with van der Waals surface area (Å²) < 4.78 is 1.57. The highest BCUT2D eigenvalue weighted by Crippen LogP contribution is 2.11. The molecule has 1 N–H and O–H groups in total. The van der Waals surface area contributed by atoms with E-state index in [0.29, 0.717) is 5.82 Å². The lowest BCUT2D eigenvalue weighted by molar-refractivity contribution is -0.125. The highest BCUT2D eigenvalue weighted by molar-refractivity contribution is 5.78. The Balaban J connectivity index is 2.48. The summed E-state index contributed by atoms with van der Waals surface area (Å²) in [4.78, 5) is 11.9. The van der Waals surface area contributed by atoms with E-state index in [1.807, 2.05) is 13.8 Å². The standard InChI is InChI=1S/C11H21N5O/c1-5-6-7-8(2)11(17)12-9(3)10-13-14-15-16(10)4/h8-9H,5-7H2,1-4H3,(H,12,17). The Hall–Kier alpha value is -1.46. The number of carbonyl (C=O) groups is 1. The highest BCUT2D eigenvalue weighted by Gasteiger charge is 2.18. The smallest absolute Gasteiger partial charge is 0.223 e. The molecule has 6 heteroatoms. The predicted molar refractivity (Wildman–Crippen MR) is 64.0 cm³/mol. The molecule has 1 heterocycles. The molecule has 0 spiro atoms. The predicted octanol–water partition coefficient (Wildman–Crippen LogP) is 1.21. The zero-order valence-corrected chi connectivity index (χ0v) is 11.0. The maximum atomic E-state index is 11.9. The summed E-state index contributed by atoms with van der Waals surface area (Å²) in [6, 6.07) is -0.161. The molecule has 1 amide bonds. The lowest BCUT2D eigenvalue weighted by atomic mass is 10.0. The van der Waals surface area contributed by atoms with Crippen LogP contribution < -0.4 is 5.32 Å². The lowest BCUT2D eigenvalue weighted by Crippen LogP contribution is -2.32. The summed E-state index contributed by atoms with van der Waals surface area (Å²) in [5.74, 6) is 0.772. The van der Waals surface area contributed by atoms with Gasteiger partial charge in [-0.25, -0.2) is 4.68 Å². The van der Waals surface area contributed by atoms with Gasteiger partial charge in [0.25, 0.3) is 0 Å². The van der Waals surface area contributed by atoms with Gasteiger partial charge in [0.05, 0.1) is 6.04 Å². The minimum atomic E-state index is -0.161. The van der Waals surface area contributed by atoms with Gasteiger partial charge in [0.1, 0.15) is 0 Å². The summed E-state index contributed by atoms with van der Waals surface area (Å²) in [6.45, 7) is 5.96. The lowest BCUT2D eigenvalue weighted by Gasteiger charge is -2.16. The molecule has 2 atom stereocenters. The number of carbonyl (C=O) groups excluding carboxylic acids is 1. The van der Waals surface area contributed by atoms with Gasteiger partial charge in [0, 0.05) is 13.0 Å². The molecule has 0 aliphatic carbocycles. The molecule has 0 saturated carbocycles. The summed E-state index contributed by atoms with van der Waals surface area (Å²) in [5.41, 5.74) is 0. The third-order valence-electron chi connectivity index (χ3n) is 2.84. The topological polar surface area (TPSA) is 72.7 Å². The fraction of sp³-hybridized carbons (Fsp3) is 0.818. The Morgan fingerprint density at radius 2 is 2.18 bits per heavy atom. The van der Waals surface area contributed by atoms with Gasteiger partial charge in [-0.1, -0.05) is 26.7 Å². The number of nitrogens with zero attached hydrogens (tertiary/aromatic N) is 4. The second-order valence-electron chi connectivity index (χ2n) is 4.43. The minimum absolute atomic E-state index is 0.0404. The van der Waals surface area contributed by atoms with Crippen molar-refractivity contribution in [2.75, 3.05) is 0 Å². The fourth-order valence-electron chi connectivity index (χ4n) is 1.66. The molecule has 2 unspecified atom stereocenters. The Kier molecular flexibility index (Phi) is 5.06. The number of hydrogen-bond donors (Lipinski definition) is 1. The highest BCUT2D eigenvalue weighted by atomic mass is 16.1. The molecule has 0 radical (unpaired) electrons. The van der Waals surface area contributed by atoms with Crippen LogP contribution in [-0.2, 0) is 11.8 Å². The first-order chi connectivity index (χ1) is 8.06. The van der Waals surface area contributed by atoms with E-state index in [9.17, 15) is 4.79 Å². The van der Waals surface area contributed by atoms with Crippen LogP contribution in [-0.4, -0.2) is 26.1 Å². The number of rotatable bonds is 6. The number of nitrogens with one attached hydrogen (secondary N) is 1. The van der Waals surface area contributed by atoms with Crippen molar-refractivity contribution in [3.63, 3.8) is 0 Å². The number of tetrazole rings is 1. The molecule has 0 aromatic carbocycles. The van der Waals surface area contributed by atoms with E-state index in [1.54, 1.807) is 11.7 Å². The van der Waals surface area contributed by atoms with E-state index in [-0.39, 0.29) is 17.9 Å². The van der Waals surface area contributed by atoms with Crippen LogP contribution in [0.25, 0.3) is 0 Å². The monoisotopic (exact) mass is 239 g/mol. The normalized spacial score (nSPS) is 14.4. The van der Waals surface area contributed by atoms with Crippen molar-refractivity contribution in [2.24, 2.45) is 13.0 Å². The molecular formula is C11H21N5O. The fourth-order valence-corrected chi connectivity index (χ4v) is 1.66. The molecule has 0 fully saturated rings. The first kappa shape index (κ1) is 13.6. The van der Waals surface area contributed by atoms with Gasteiger partial charge in [-0.3, -0.25) is 4.79 Å². The molecule has 0 bridgehead atoms. The van der Waals surface area contributed by atoms with Crippen LogP contribution in [0.15, 0.2) is 0 Å². The minimum Gasteiger partial charge on any atom is -0.346 e. The summed E-state index contributed by atoms with van der Waals surface area (Å²) >= 11 is 0. The van der Waals surface area contributed by atoms with Gasteiger partial charge in [-0.2, -0.15) is 0 Å². The van der Waals surface area contributed by atoms with Crippen molar-refractivity contribution in [1.29, 1.82) is 0 Å².